The molecule has 3 nitrogen and oxygen atoms in total. The largest absolute Gasteiger partial charge is 1.00 e. The molecule has 2 bridgehead atoms. The number of carbonyl (C=O) groups is 1. The SMILES string of the molecule is CC(=O)OC1CC2CCC(C1)[N+]2(C)C.[I-]. The van der Waals surface area contributed by atoms with Crippen molar-refractivity contribution in [2.75, 3.05) is 14.1 Å². The molecule has 2 fully saturated rings. The third-order valence-electron chi connectivity index (χ3n) is 4.12. The number of quaternary nitrogens is 1. The van der Waals surface area contributed by atoms with Crippen molar-refractivity contribution in [3.63, 3.8) is 0 Å². The molecule has 2 atom stereocenters. The monoisotopic (exact) mass is 325 g/mol. The van der Waals surface area contributed by atoms with Gasteiger partial charge in [-0.3, -0.25) is 4.79 Å². The third kappa shape index (κ3) is 2.46. The zero-order valence-electron chi connectivity index (χ0n) is 9.70. The van der Waals surface area contributed by atoms with E-state index in [1.807, 2.05) is 0 Å². The van der Waals surface area contributed by atoms with Crippen LogP contribution in [0.15, 0.2) is 0 Å². The van der Waals surface area contributed by atoms with E-state index >= 15 is 0 Å². The molecule has 2 rings (SSSR count). The van der Waals surface area contributed by atoms with Gasteiger partial charge in [-0.05, 0) is 0 Å². The predicted octanol–water partition coefficient (Wildman–Crippen LogP) is -1.68. The minimum Gasteiger partial charge on any atom is -1.00 e. The lowest BCUT2D eigenvalue weighted by atomic mass is 9.98. The van der Waals surface area contributed by atoms with E-state index < -0.39 is 0 Å². The van der Waals surface area contributed by atoms with Crippen molar-refractivity contribution in [3.05, 3.63) is 0 Å². The van der Waals surface area contributed by atoms with Crippen LogP contribution in [0.2, 0.25) is 0 Å². The van der Waals surface area contributed by atoms with E-state index in [-0.39, 0.29) is 36.0 Å². The Morgan fingerprint density at radius 3 is 2.07 bits per heavy atom. The van der Waals surface area contributed by atoms with E-state index in [1.165, 1.54) is 19.8 Å². The Bertz CT molecular complexity index is 239. The standard InChI is InChI=1S/C11H20NO2.HI/c1-8(13)14-11-6-9-4-5-10(7-11)12(9,2)3;/h9-11H,4-7H2,1-3H3;1H/q+1;/p-1. The minimum atomic E-state index is -0.124. The summed E-state index contributed by atoms with van der Waals surface area (Å²) in [6, 6.07) is 1.41. The highest BCUT2D eigenvalue weighted by molar-refractivity contribution is 5.66. The van der Waals surface area contributed by atoms with E-state index in [9.17, 15) is 4.79 Å². The Hall–Kier alpha value is 0.160. The first-order valence-electron chi connectivity index (χ1n) is 5.50. The number of ether oxygens (including phenoxy) is 1. The summed E-state index contributed by atoms with van der Waals surface area (Å²) in [4.78, 5) is 10.9. The van der Waals surface area contributed by atoms with Gasteiger partial charge in [0.25, 0.3) is 0 Å². The molecule has 0 aromatic rings. The molecular weight excluding hydrogens is 305 g/mol. The molecule has 0 amide bonds. The van der Waals surface area contributed by atoms with E-state index in [0.717, 1.165) is 17.3 Å². The zero-order valence-corrected chi connectivity index (χ0v) is 11.9. The lowest BCUT2D eigenvalue weighted by molar-refractivity contribution is -0.931. The smallest absolute Gasteiger partial charge is 0.302 e. The fraction of sp³-hybridized carbons (Fsp3) is 0.909. The topological polar surface area (TPSA) is 26.3 Å². The van der Waals surface area contributed by atoms with Crippen LogP contribution >= 0.6 is 0 Å². The first kappa shape index (κ1) is 13.2. The summed E-state index contributed by atoms with van der Waals surface area (Å²) in [6.07, 6.45) is 4.91. The Kier molecular flexibility index (Phi) is 4.03. The molecular formula is C11H20INO2. The zero-order chi connectivity index (χ0) is 10.3. The third-order valence-corrected chi connectivity index (χ3v) is 4.12. The van der Waals surface area contributed by atoms with Crippen LogP contribution in [0, 0.1) is 0 Å². The first-order chi connectivity index (χ1) is 6.50. The Morgan fingerprint density at radius 1 is 1.20 bits per heavy atom. The predicted molar refractivity (Wildman–Crippen MR) is 53.7 cm³/mol. The van der Waals surface area contributed by atoms with Crippen LogP contribution in [0.25, 0.3) is 0 Å². The molecule has 0 N–H and O–H groups in total. The molecule has 0 saturated carbocycles. The summed E-state index contributed by atoms with van der Waals surface area (Å²) in [5, 5.41) is 0. The van der Waals surface area contributed by atoms with Crippen LogP contribution in [0.5, 0.6) is 0 Å². The van der Waals surface area contributed by atoms with Crippen LogP contribution in [0.1, 0.15) is 32.6 Å². The summed E-state index contributed by atoms with van der Waals surface area (Å²) in [5.74, 6) is -0.124. The van der Waals surface area contributed by atoms with Crippen LogP contribution in [-0.2, 0) is 9.53 Å². The van der Waals surface area contributed by atoms with Crippen molar-refractivity contribution >= 4 is 5.97 Å². The van der Waals surface area contributed by atoms with Crippen LogP contribution in [0.3, 0.4) is 0 Å². The summed E-state index contributed by atoms with van der Waals surface area (Å²) in [6.45, 7) is 1.51. The lowest BCUT2D eigenvalue weighted by Crippen LogP contribution is -3.00. The molecule has 0 aliphatic carbocycles. The molecule has 2 aliphatic heterocycles. The number of carbonyl (C=O) groups excluding carboxylic acids is 1. The number of hydrogen-bond acceptors (Lipinski definition) is 2. The molecule has 2 aliphatic rings. The number of halogens is 1. The molecule has 4 heteroatoms. The van der Waals surface area contributed by atoms with Crippen molar-refractivity contribution in [2.45, 2.75) is 50.8 Å². The average Bonchev–Trinajstić information content (AvgIpc) is 2.30. The van der Waals surface area contributed by atoms with Gasteiger partial charge in [0.05, 0.1) is 26.2 Å². The number of fused-ring (bicyclic) bond motifs is 2. The summed E-state index contributed by atoms with van der Waals surface area (Å²) >= 11 is 0. The van der Waals surface area contributed by atoms with Crippen LogP contribution in [-0.4, -0.2) is 42.7 Å². The fourth-order valence-electron chi connectivity index (χ4n) is 3.16. The van der Waals surface area contributed by atoms with Crippen molar-refractivity contribution < 1.29 is 38.0 Å². The van der Waals surface area contributed by atoms with Gasteiger partial charge >= 0.3 is 5.97 Å². The molecule has 0 radical (unpaired) electrons. The molecule has 2 heterocycles. The van der Waals surface area contributed by atoms with Gasteiger partial charge in [0.1, 0.15) is 6.10 Å². The van der Waals surface area contributed by atoms with Gasteiger partial charge in [-0.2, -0.15) is 0 Å². The average molecular weight is 325 g/mol. The highest BCUT2D eigenvalue weighted by Gasteiger charge is 2.49. The van der Waals surface area contributed by atoms with Gasteiger partial charge < -0.3 is 33.2 Å². The van der Waals surface area contributed by atoms with Gasteiger partial charge in [-0.15, -0.1) is 0 Å². The number of rotatable bonds is 1. The van der Waals surface area contributed by atoms with E-state index in [0.29, 0.717) is 12.1 Å². The van der Waals surface area contributed by atoms with Gasteiger partial charge in [0.15, 0.2) is 0 Å². The van der Waals surface area contributed by atoms with E-state index in [2.05, 4.69) is 14.1 Å². The van der Waals surface area contributed by atoms with Crippen LogP contribution in [0.4, 0.5) is 0 Å². The number of nitrogens with zero attached hydrogens (tertiary/aromatic N) is 1. The second kappa shape index (κ2) is 4.57. The molecule has 2 saturated heterocycles. The maximum atomic E-state index is 10.9. The minimum absolute atomic E-state index is 0. The molecule has 88 valence electrons. The second-order valence-electron chi connectivity index (χ2n) is 5.22. The summed E-state index contributed by atoms with van der Waals surface area (Å²) in [7, 11) is 4.62. The van der Waals surface area contributed by atoms with Gasteiger partial charge in [-0.25, -0.2) is 0 Å². The lowest BCUT2D eigenvalue weighted by Gasteiger charge is -2.43. The maximum Gasteiger partial charge on any atom is 0.302 e. The highest BCUT2D eigenvalue weighted by Crippen LogP contribution is 2.40. The Labute approximate surface area is 109 Å². The highest BCUT2D eigenvalue weighted by atomic mass is 127. The van der Waals surface area contributed by atoms with Crippen molar-refractivity contribution in [1.82, 2.24) is 0 Å². The molecule has 0 aromatic carbocycles. The van der Waals surface area contributed by atoms with Gasteiger partial charge in [0.2, 0.25) is 0 Å². The molecule has 15 heavy (non-hydrogen) atoms. The fourth-order valence-corrected chi connectivity index (χ4v) is 3.16. The van der Waals surface area contributed by atoms with E-state index in [4.69, 9.17) is 4.74 Å². The maximum absolute atomic E-state index is 10.9. The van der Waals surface area contributed by atoms with Crippen LogP contribution < -0.4 is 24.0 Å². The quantitative estimate of drug-likeness (QED) is 0.327. The van der Waals surface area contributed by atoms with Crippen molar-refractivity contribution in [3.8, 4) is 0 Å². The van der Waals surface area contributed by atoms with E-state index in [1.54, 1.807) is 0 Å². The van der Waals surface area contributed by atoms with Crippen molar-refractivity contribution in [1.29, 1.82) is 0 Å². The Morgan fingerprint density at radius 2 is 1.67 bits per heavy atom. The van der Waals surface area contributed by atoms with Gasteiger partial charge in [-0.1, -0.05) is 0 Å². The number of hydrogen-bond donors (Lipinski definition) is 0. The number of esters is 1. The molecule has 2 unspecified atom stereocenters. The Balaban J connectivity index is 0.00000112. The normalized spacial score (nSPS) is 36.9. The number of piperidine rings is 1. The first-order valence-corrected chi connectivity index (χ1v) is 5.50. The molecule has 0 aromatic heterocycles. The van der Waals surface area contributed by atoms with Crippen molar-refractivity contribution in [2.24, 2.45) is 0 Å². The molecule has 0 spiro atoms. The summed E-state index contributed by atoms with van der Waals surface area (Å²) in [5.41, 5.74) is 0. The van der Waals surface area contributed by atoms with Gasteiger partial charge in [0, 0.05) is 32.6 Å². The second-order valence-corrected chi connectivity index (χ2v) is 5.22. The summed E-state index contributed by atoms with van der Waals surface area (Å²) < 4.78 is 6.45.